The van der Waals surface area contributed by atoms with Crippen molar-refractivity contribution < 1.29 is 4.39 Å². The first-order valence-corrected chi connectivity index (χ1v) is 6.85. The smallest absolute Gasteiger partial charge is 0.129 e. The molecule has 2 heterocycles. The van der Waals surface area contributed by atoms with Crippen LogP contribution in [0.2, 0.25) is 0 Å². The fourth-order valence-corrected chi connectivity index (χ4v) is 2.53. The molecule has 0 saturated heterocycles. The van der Waals surface area contributed by atoms with Crippen LogP contribution in [0.1, 0.15) is 5.82 Å². The molecule has 0 aliphatic heterocycles. The lowest BCUT2D eigenvalue weighted by Crippen LogP contribution is -2.00. The van der Waals surface area contributed by atoms with Gasteiger partial charge in [-0.15, -0.1) is 11.6 Å². The Morgan fingerprint density at radius 3 is 2.84 bits per heavy atom. The Morgan fingerprint density at radius 2 is 2.11 bits per heavy atom. The quantitative estimate of drug-likeness (QED) is 0.659. The zero-order chi connectivity index (χ0) is 13.4. The molecule has 0 N–H and O–H groups in total. The summed E-state index contributed by atoms with van der Waals surface area (Å²) in [5.41, 5.74) is 2.17. The van der Waals surface area contributed by atoms with Crippen molar-refractivity contribution in [3.05, 3.63) is 52.8 Å². The maximum Gasteiger partial charge on any atom is 0.129 e. The minimum absolute atomic E-state index is 0.239. The molecule has 0 spiro atoms. The molecule has 0 aliphatic carbocycles. The van der Waals surface area contributed by atoms with E-state index in [4.69, 9.17) is 11.6 Å². The summed E-state index contributed by atoms with van der Waals surface area (Å²) in [6.45, 7) is 0. The predicted molar refractivity (Wildman–Crippen MR) is 76.1 cm³/mol. The van der Waals surface area contributed by atoms with Crippen LogP contribution in [0.4, 0.5) is 4.39 Å². The van der Waals surface area contributed by atoms with Crippen LogP contribution in [0.15, 0.2) is 41.1 Å². The van der Waals surface area contributed by atoms with Gasteiger partial charge in [0.25, 0.3) is 0 Å². The van der Waals surface area contributed by atoms with E-state index < -0.39 is 0 Å². The first-order valence-electron chi connectivity index (χ1n) is 5.53. The molecule has 6 heteroatoms. The van der Waals surface area contributed by atoms with Crippen LogP contribution in [-0.2, 0) is 5.88 Å². The molecular weight excluding hydrogens is 333 g/mol. The van der Waals surface area contributed by atoms with Crippen molar-refractivity contribution in [1.29, 1.82) is 0 Å². The topological polar surface area (TPSA) is 30.7 Å². The molecule has 0 saturated carbocycles. The number of rotatable bonds is 2. The van der Waals surface area contributed by atoms with Crippen molar-refractivity contribution in [2.24, 2.45) is 0 Å². The molecule has 19 heavy (non-hydrogen) atoms. The number of aromatic nitrogens is 3. The van der Waals surface area contributed by atoms with Crippen LogP contribution in [0.5, 0.6) is 0 Å². The highest BCUT2D eigenvalue weighted by Crippen LogP contribution is 2.24. The van der Waals surface area contributed by atoms with Gasteiger partial charge in [0.1, 0.15) is 11.6 Å². The minimum Gasteiger partial charge on any atom is -0.294 e. The number of halogens is 3. The second kappa shape index (κ2) is 4.90. The molecule has 0 bridgehead atoms. The molecule has 0 atom stereocenters. The van der Waals surface area contributed by atoms with Gasteiger partial charge in [-0.2, -0.15) is 0 Å². The molecule has 0 unspecified atom stereocenters. The van der Waals surface area contributed by atoms with Crippen LogP contribution in [-0.4, -0.2) is 14.5 Å². The summed E-state index contributed by atoms with van der Waals surface area (Å²) in [5.74, 6) is 0.586. The van der Waals surface area contributed by atoms with Gasteiger partial charge in [-0.25, -0.2) is 9.37 Å². The third-order valence-corrected chi connectivity index (χ3v) is 3.43. The zero-order valence-electron chi connectivity index (χ0n) is 9.65. The van der Waals surface area contributed by atoms with Crippen molar-refractivity contribution in [3.63, 3.8) is 0 Å². The molecule has 0 fully saturated rings. The number of benzene rings is 1. The Balaban J connectivity index is 2.34. The molecule has 0 aliphatic rings. The third kappa shape index (κ3) is 2.24. The Hall–Kier alpha value is -1.46. The first kappa shape index (κ1) is 12.6. The summed E-state index contributed by atoms with van der Waals surface area (Å²) in [4.78, 5) is 8.51. The van der Waals surface area contributed by atoms with E-state index in [1.54, 1.807) is 18.5 Å². The Kier molecular flexibility index (Phi) is 3.24. The molecule has 0 radical (unpaired) electrons. The minimum atomic E-state index is -0.308. The number of hydrogen-bond acceptors (Lipinski definition) is 2. The monoisotopic (exact) mass is 339 g/mol. The van der Waals surface area contributed by atoms with Gasteiger partial charge in [-0.3, -0.25) is 9.55 Å². The van der Waals surface area contributed by atoms with Crippen molar-refractivity contribution in [3.8, 4) is 5.69 Å². The normalized spacial score (nSPS) is 11.1. The Bertz CT molecular complexity index is 757. The summed E-state index contributed by atoms with van der Waals surface area (Å²) in [6, 6.07) is 6.35. The predicted octanol–water partition coefficient (Wildman–Crippen LogP) is 4.06. The standard InChI is InChI=1S/C13H8BrClFN3/c14-8-3-10(7-17-6-8)19-12-4-9(16)1-2-11(12)18-13(19)5-15/h1-4,6-7H,5H2. The highest BCUT2D eigenvalue weighted by atomic mass is 79.9. The van der Waals surface area contributed by atoms with Gasteiger partial charge >= 0.3 is 0 Å². The van der Waals surface area contributed by atoms with E-state index in [0.717, 1.165) is 10.2 Å². The molecule has 3 nitrogen and oxygen atoms in total. The molecule has 96 valence electrons. The second-order valence-corrected chi connectivity index (χ2v) is 5.17. The summed E-state index contributed by atoms with van der Waals surface area (Å²) < 4.78 is 16.1. The van der Waals surface area contributed by atoms with Crippen LogP contribution in [0, 0.1) is 5.82 Å². The fourth-order valence-electron chi connectivity index (χ4n) is 2.00. The van der Waals surface area contributed by atoms with Gasteiger partial charge in [0.05, 0.1) is 28.8 Å². The average Bonchev–Trinajstić information content (AvgIpc) is 2.76. The van der Waals surface area contributed by atoms with Crippen molar-refractivity contribution in [1.82, 2.24) is 14.5 Å². The van der Waals surface area contributed by atoms with E-state index in [1.807, 2.05) is 10.6 Å². The van der Waals surface area contributed by atoms with Gasteiger partial charge in [0.2, 0.25) is 0 Å². The molecule has 0 amide bonds. The maximum absolute atomic E-state index is 13.4. The third-order valence-electron chi connectivity index (χ3n) is 2.75. The van der Waals surface area contributed by atoms with Crippen LogP contribution < -0.4 is 0 Å². The number of fused-ring (bicyclic) bond motifs is 1. The number of imidazole rings is 1. The number of hydrogen-bond donors (Lipinski definition) is 0. The zero-order valence-corrected chi connectivity index (χ0v) is 12.0. The lowest BCUT2D eigenvalue weighted by atomic mass is 10.3. The molecule has 2 aromatic heterocycles. The largest absolute Gasteiger partial charge is 0.294 e. The van der Waals surface area contributed by atoms with Crippen molar-refractivity contribution in [2.45, 2.75) is 5.88 Å². The highest BCUT2D eigenvalue weighted by molar-refractivity contribution is 9.10. The van der Waals surface area contributed by atoms with E-state index in [0.29, 0.717) is 16.9 Å². The van der Waals surface area contributed by atoms with E-state index in [1.165, 1.54) is 12.1 Å². The van der Waals surface area contributed by atoms with Crippen LogP contribution >= 0.6 is 27.5 Å². The van der Waals surface area contributed by atoms with Crippen LogP contribution in [0.3, 0.4) is 0 Å². The highest BCUT2D eigenvalue weighted by Gasteiger charge is 2.12. The van der Waals surface area contributed by atoms with Gasteiger partial charge in [-0.1, -0.05) is 0 Å². The van der Waals surface area contributed by atoms with Gasteiger partial charge < -0.3 is 0 Å². The second-order valence-electron chi connectivity index (χ2n) is 3.99. The van der Waals surface area contributed by atoms with Crippen molar-refractivity contribution in [2.75, 3.05) is 0 Å². The SMILES string of the molecule is Fc1ccc2nc(CCl)n(-c3cncc(Br)c3)c2c1. The summed E-state index contributed by atoms with van der Waals surface area (Å²) in [5, 5.41) is 0. The lowest BCUT2D eigenvalue weighted by Gasteiger charge is -2.07. The van der Waals surface area contributed by atoms with Crippen LogP contribution in [0.25, 0.3) is 16.7 Å². The first-order chi connectivity index (χ1) is 9.19. The molecule has 3 aromatic rings. The van der Waals surface area contributed by atoms with E-state index in [-0.39, 0.29) is 11.7 Å². The number of pyridine rings is 1. The van der Waals surface area contributed by atoms with Crippen molar-refractivity contribution >= 4 is 38.6 Å². The van der Waals surface area contributed by atoms with Gasteiger partial charge in [0, 0.05) is 16.7 Å². The van der Waals surface area contributed by atoms with Gasteiger partial charge in [0.15, 0.2) is 0 Å². The fraction of sp³-hybridized carbons (Fsp3) is 0.0769. The number of nitrogens with zero attached hydrogens (tertiary/aromatic N) is 3. The lowest BCUT2D eigenvalue weighted by molar-refractivity contribution is 0.629. The van der Waals surface area contributed by atoms with E-state index in [2.05, 4.69) is 25.9 Å². The molecule has 1 aromatic carbocycles. The summed E-state index contributed by atoms with van der Waals surface area (Å²) >= 11 is 9.29. The van der Waals surface area contributed by atoms with E-state index >= 15 is 0 Å². The van der Waals surface area contributed by atoms with Gasteiger partial charge in [-0.05, 0) is 34.1 Å². The molecule has 3 rings (SSSR count). The molecular formula is C13H8BrClFN3. The van der Waals surface area contributed by atoms with E-state index in [9.17, 15) is 4.39 Å². The maximum atomic E-state index is 13.4. The summed E-state index contributed by atoms with van der Waals surface area (Å²) in [6.07, 6.45) is 3.37. The summed E-state index contributed by atoms with van der Waals surface area (Å²) in [7, 11) is 0. The average molecular weight is 341 g/mol. The number of alkyl halides is 1. The Morgan fingerprint density at radius 1 is 1.26 bits per heavy atom. The Labute approximate surface area is 122 Å².